The molecular weight excluding hydrogens is 560 g/mol. The lowest BCUT2D eigenvalue weighted by molar-refractivity contribution is -0.144. The van der Waals surface area contributed by atoms with Crippen molar-refractivity contribution in [2.45, 2.75) is 118 Å². The number of carbonyl (C=O) groups is 3. The first-order valence-corrected chi connectivity index (χ1v) is 16.2. The smallest absolute Gasteiger partial charge is 0.323 e. The van der Waals surface area contributed by atoms with Crippen molar-refractivity contribution >= 4 is 17.5 Å². The molecule has 0 radical (unpaired) electrons. The molecule has 0 unspecified atom stereocenters. The van der Waals surface area contributed by atoms with E-state index in [0.717, 1.165) is 41.5 Å². The summed E-state index contributed by atoms with van der Waals surface area (Å²) in [5, 5.41) is 15.0. The third-order valence-corrected chi connectivity index (χ3v) is 8.04. The van der Waals surface area contributed by atoms with E-state index in [4.69, 9.17) is 19.3 Å². The first-order chi connectivity index (χ1) is 21.3. The fourth-order valence-electron chi connectivity index (χ4n) is 5.80. The van der Waals surface area contributed by atoms with E-state index >= 15 is 0 Å². The Labute approximate surface area is 262 Å². The summed E-state index contributed by atoms with van der Waals surface area (Å²) in [5.41, 5.74) is 4.61. The highest BCUT2D eigenvalue weighted by Crippen LogP contribution is 2.49. The van der Waals surface area contributed by atoms with Crippen molar-refractivity contribution in [3.05, 3.63) is 46.5 Å². The van der Waals surface area contributed by atoms with Crippen molar-refractivity contribution in [2.75, 3.05) is 13.2 Å². The Bertz CT molecular complexity index is 1260. The van der Waals surface area contributed by atoms with Gasteiger partial charge in [0, 0.05) is 57.9 Å². The van der Waals surface area contributed by atoms with E-state index in [2.05, 4.69) is 17.6 Å². The van der Waals surface area contributed by atoms with Crippen LogP contribution in [-0.2, 0) is 22.7 Å². The van der Waals surface area contributed by atoms with Gasteiger partial charge >= 0.3 is 5.97 Å². The molecule has 6 rings (SSSR count). The van der Waals surface area contributed by atoms with Crippen LogP contribution in [0.1, 0.15) is 112 Å². The lowest BCUT2D eigenvalue weighted by atomic mass is 9.87. The highest BCUT2D eigenvalue weighted by molar-refractivity contribution is 6.01. The number of Topliss-reactive ketones (excluding diaryl/α,β-unsaturated/α-hetero) is 2. The molecule has 0 amide bonds. The molecule has 4 aliphatic heterocycles. The number of benzene rings is 2. The van der Waals surface area contributed by atoms with Crippen LogP contribution in [-0.4, -0.2) is 60.0 Å². The van der Waals surface area contributed by atoms with E-state index in [1.54, 1.807) is 18.2 Å². The first-order valence-electron chi connectivity index (χ1n) is 16.2. The average molecular weight is 611 g/mol. The van der Waals surface area contributed by atoms with Gasteiger partial charge < -0.3 is 30.0 Å². The number of esters is 1. The minimum absolute atomic E-state index is 0.0574. The van der Waals surface area contributed by atoms with Gasteiger partial charge in [-0.05, 0) is 63.8 Å². The van der Waals surface area contributed by atoms with Crippen molar-refractivity contribution in [3.8, 4) is 22.6 Å². The van der Waals surface area contributed by atoms with Gasteiger partial charge in [-0.2, -0.15) is 0 Å². The van der Waals surface area contributed by atoms with Gasteiger partial charge in [-0.25, -0.2) is 0 Å². The number of hydrogen-bond acceptors (Lipinski definition) is 9. The van der Waals surface area contributed by atoms with Gasteiger partial charge in [-0.3, -0.25) is 14.4 Å². The van der Waals surface area contributed by atoms with E-state index in [9.17, 15) is 14.4 Å². The fourth-order valence-corrected chi connectivity index (χ4v) is 5.80. The zero-order valence-electron chi connectivity index (χ0n) is 27.4. The monoisotopic (exact) mass is 610 g/mol. The standard InChI is InChI=1S/C25H25NO6.C6H13NO.2C2H6/c1-3-19(27)14-6-16-10-31-22-9-15(7-17-11-30-21(8-14)23(16)24(17)22)20(28)12-32-25(29)18-5-4-13(2)26-18;1-5-2-3-6(4-8)7-5;2*1-2/h6-9,13,18,26H,3-5,10-12H2,1-2H3;5-8H,2-4H2,1H3;2*1-2H3/t13-,18-;5-,6-;;/m00../s1. The lowest BCUT2D eigenvalue weighted by Gasteiger charge is -2.30. The van der Waals surface area contributed by atoms with Gasteiger partial charge in [-0.1, -0.05) is 34.6 Å². The van der Waals surface area contributed by atoms with Crippen LogP contribution >= 0.6 is 0 Å². The summed E-state index contributed by atoms with van der Waals surface area (Å²) in [6.07, 6.45) is 4.40. The molecule has 0 aromatic heterocycles. The van der Waals surface area contributed by atoms with E-state index in [1.807, 2.05) is 47.6 Å². The summed E-state index contributed by atoms with van der Waals surface area (Å²) in [5.74, 6) is 0.657. The molecule has 44 heavy (non-hydrogen) atoms. The van der Waals surface area contributed by atoms with E-state index in [0.29, 0.717) is 54.3 Å². The first kappa shape index (κ1) is 35.2. The quantitative estimate of drug-likeness (QED) is 0.265. The predicted molar refractivity (Wildman–Crippen MR) is 171 cm³/mol. The van der Waals surface area contributed by atoms with Gasteiger partial charge in [0.25, 0.3) is 0 Å². The van der Waals surface area contributed by atoms with Gasteiger partial charge in [0.2, 0.25) is 0 Å². The van der Waals surface area contributed by atoms with Crippen LogP contribution < -0.4 is 20.1 Å². The van der Waals surface area contributed by atoms with Gasteiger partial charge in [0.1, 0.15) is 30.8 Å². The Balaban J connectivity index is 0.000000376. The lowest BCUT2D eigenvalue weighted by Crippen LogP contribution is -2.36. The van der Waals surface area contributed by atoms with Crippen LogP contribution in [0.25, 0.3) is 11.1 Å². The maximum atomic E-state index is 12.8. The minimum Gasteiger partial charge on any atom is -0.488 e. The molecule has 0 aliphatic carbocycles. The Morgan fingerprint density at radius 1 is 0.795 bits per heavy atom. The molecule has 242 valence electrons. The molecule has 2 saturated heterocycles. The van der Waals surface area contributed by atoms with Crippen LogP contribution in [0.3, 0.4) is 0 Å². The zero-order valence-corrected chi connectivity index (χ0v) is 27.4. The summed E-state index contributed by atoms with van der Waals surface area (Å²) >= 11 is 0. The molecule has 4 atom stereocenters. The molecule has 0 bridgehead atoms. The number of carbonyl (C=O) groups excluding carboxylic acids is 3. The summed E-state index contributed by atoms with van der Waals surface area (Å²) in [6, 6.07) is 8.06. The molecule has 9 nitrogen and oxygen atoms in total. The number of ether oxygens (including phenoxy) is 3. The number of aliphatic hydroxyl groups excluding tert-OH is 1. The van der Waals surface area contributed by atoms with Gasteiger partial charge in [0.05, 0.1) is 6.61 Å². The Morgan fingerprint density at radius 3 is 1.75 bits per heavy atom. The zero-order chi connectivity index (χ0) is 32.4. The SMILES string of the molecule is CC.CC.CCC(=O)c1cc2c3c(c1)OCc1cc(C(=O)COC(=O)[C@@H]4CC[C@H](C)N4)cc(c1-3)OC2.C[C@H]1CC[C@@H](CO)N1. The predicted octanol–water partition coefficient (Wildman–Crippen LogP) is 5.77. The summed E-state index contributed by atoms with van der Waals surface area (Å²) in [7, 11) is 0. The normalized spacial score (nSPS) is 21.8. The molecule has 4 aliphatic rings. The summed E-state index contributed by atoms with van der Waals surface area (Å²) in [4.78, 5) is 37.2. The van der Waals surface area contributed by atoms with Crippen LogP contribution in [0, 0.1) is 0 Å². The average Bonchev–Trinajstić information content (AvgIpc) is 3.71. The topological polar surface area (TPSA) is 123 Å². The largest absolute Gasteiger partial charge is 0.488 e. The Hall–Kier alpha value is -3.27. The second kappa shape index (κ2) is 16.7. The Morgan fingerprint density at radius 2 is 1.32 bits per heavy atom. The van der Waals surface area contributed by atoms with Crippen molar-refractivity contribution < 1.29 is 33.7 Å². The van der Waals surface area contributed by atoms with E-state index in [1.165, 1.54) is 6.42 Å². The molecule has 4 heterocycles. The second-order valence-corrected chi connectivity index (χ2v) is 11.1. The van der Waals surface area contributed by atoms with E-state index in [-0.39, 0.29) is 36.9 Å². The summed E-state index contributed by atoms with van der Waals surface area (Å²) in [6.45, 7) is 14.5. The number of ketones is 2. The van der Waals surface area contributed by atoms with Crippen molar-refractivity contribution in [3.63, 3.8) is 0 Å². The highest BCUT2D eigenvalue weighted by Gasteiger charge is 2.32. The van der Waals surface area contributed by atoms with Gasteiger partial charge in [-0.15, -0.1) is 0 Å². The van der Waals surface area contributed by atoms with Crippen molar-refractivity contribution in [1.82, 2.24) is 10.6 Å². The van der Waals surface area contributed by atoms with Gasteiger partial charge in [0.15, 0.2) is 18.2 Å². The second-order valence-electron chi connectivity index (χ2n) is 11.1. The molecular formula is C35H50N2O7. The number of nitrogens with one attached hydrogen (secondary N) is 2. The fraction of sp³-hybridized carbons (Fsp3) is 0.571. The maximum Gasteiger partial charge on any atom is 0.323 e. The molecule has 3 N–H and O–H groups in total. The van der Waals surface area contributed by atoms with Crippen LogP contribution in [0.2, 0.25) is 0 Å². The third kappa shape index (κ3) is 8.25. The van der Waals surface area contributed by atoms with Crippen molar-refractivity contribution in [2.24, 2.45) is 0 Å². The number of aliphatic hydroxyl groups is 1. The molecule has 0 saturated carbocycles. The Kier molecular flexibility index (Phi) is 13.4. The van der Waals surface area contributed by atoms with Crippen molar-refractivity contribution in [1.29, 1.82) is 0 Å². The number of hydrogen-bond donors (Lipinski definition) is 3. The molecule has 2 aromatic carbocycles. The maximum absolute atomic E-state index is 12.8. The van der Waals surface area contributed by atoms with Crippen LogP contribution in [0.4, 0.5) is 0 Å². The third-order valence-electron chi connectivity index (χ3n) is 8.04. The minimum atomic E-state index is -0.391. The molecule has 9 heteroatoms. The molecule has 2 aromatic rings. The van der Waals surface area contributed by atoms with Crippen LogP contribution in [0.5, 0.6) is 11.5 Å². The van der Waals surface area contributed by atoms with Crippen LogP contribution in [0.15, 0.2) is 24.3 Å². The van der Waals surface area contributed by atoms with E-state index < -0.39 is 5.97 Å². The molecule has 0 spiro atoms. The number of rotatable bonds is 7. The molecule has 2 fully saturated rings. The summed E-state index contributed by atoms with van der Waals surface area (Å²) < 4.78 is 17.2. The highest BCUT2D eigenvalue weighted by atomic mass is 16.5.